The average molecular weight is 287 g/mol. The van der Waals surface area contributed by atoms with Gasteiger partial charge >= 0.3 is 0 Å². The summed E-state index contributed by atoms with van der Waals surface area (Å²) in [6.45, 7) is 6.45. The summed E-state index contributed by atoms with van der Waals surface area (Å²) in [5.41, 5.74) is 2.81. The molecule has 116 valence electrons. The molecule has 1 saturated carbocycles. The van der Waals surface area contributed by atoms with Crippen molar-refractivity contribution >= 4 is 0 Å². The van der Waals surface area contributed by atoms with Gasteiger partial charge in [-0.25, -0.2) is 0 Å². The maximum Gasteiger partial charge on any atom is 0.127 e. The Morgan fingerprint density at radius 3 is 3.00 bits per heavy atom. The van der Waals surface area contributed by atoms with E-state index in [-0.39, 0.29) is 0 Å². The molecule has 1 aromatic rings. The Morgan fingerprint density at radius 2 is 2.19 bits per heavy atom. The van der Waals surface area contributed by atoms with E-state index in [9.17, 15) is 0 Å². The molecule has 0 radical (unpaired) electrons. The first-order valence-corrected chi connectivity index (χ1v) is 8.81. The van der Waals surface area contributed by atoms with Crippen molar-refractivity contribution in [2.24, 2.45) is 11.8 Å². The summed E-state index contributed by atoms with van der Waals surface area (Å²) < 4.78 is 5.96. The Labute approximate surface area is 129 Å². The summed E-state index contributed by atoms with van der Waals surface area (Å²) >= 11 is 0. The minimum absolute atomic E-state index is 0.470. The number of ether oxygens (including phenoxy) is 1. The predicted molar refractivity (Wildman–Crippen MR) is 87.8 cm³/mol. The van der Waals surface area contributed by atoms with Gasteiger partial charge in [-0.15, -0.1) is 0 Å². The molecule has 2 nitrogen and oxygen atoms in total. The van der Waals surface area contributed by atoms with Crippen LogP contribution in [0.4, 0.5) is 0 Å². The van der Waals surface area contributed by atoms with Gasteiger partial charge in [-0.1, -0.05) is 51.3 Å². The smallest absolute Gasteiger partial charge is 0.127 e. The summed E-state index contributed by atoms with van der Waals surface area (Å²) in [7, 11) is 0. The first kappa shape index (κ1) is 14.9. The van der Waals surface area contributed by atoms with Gasteiger partial charge in [0.05, 0.1) is 6.61 Å². The highest BCUT2D eigenvalue weighted by atomic mass is 16.5. The van der Waals surface area contributed by atoms with Crippen LogP contribution in [0.2, 0.25) is 0 Å². The zero-order valence-corrected chi connectivity index (χ0v) is 13.5. The fourth-order valence-corrected chi connectivity index (χ4v) is 4.24. The van der Waals surface area contributed by atoms with Crippen molar-refractivity contribution in [3.8, 4) is 5.75 Å². The molecule has 1 heterocycles. The molecule has 0 bridgehead atoms. The first-order valence-electron chi connectivity index (χ1n) is 8.81. The van der Waals surface area contributed by atoms with E-state index in [1.54, 1.807) is 0 Å². The van der Waals surface area contributed by atoms with E-state index < -0.39 is 0 Å². The summed E-state index contributed by atoms with van der Waals surface area (Å²) in [5, 5.41) is 3.76. The molecule has 1 N–H and O–H groups in total. The van der Waals surface area contributed by atoms with Gasteiger partial charge in [0, 0.05) is 18.0 Å². The predicted octanol–water partition coefficient (Wildman–Crippen LogP) is 4.49. The van der Waals surface area contributed by atoms with Gasteiger partial charge in [-0.3, -0.25) is 0 Å². The lowest BCUT2D eigenvalue weighted by molar-refractivity contribution is 0.207. The van der Waals surface area contributed by atoms with Gasteiger partial charge in [-0.05, 0) is 36.8 Å². The molecule has 21 heavy (non-hydrogen) atoms. The lowest BCUT2D eigenvalue weighted by atomic mass is 9.75. The maximum absolute atomic E-state index is 5.96. The second kappa shape index (κ2) is 6.83. The third kappa shape index (κ3) is 3.11. The number of fused-ring (bicyclic) bond motifs is 1. The molecule has 0 aromatic heterocycles. The Bertz CT molecular complexity index is 471. The summed E-state index contributed by atoms with van der Waals surface area (Å²) in [4.78, 5) is 0. The molecule has 0 amide bonds. The van der Waals surface area contributed by atoms with Crippen LogP contribution in [-0.4, -0.2) is 13.2 Å². The highest BCUT2D eigenvalue weighted by Crippen LogP contribution is 2.42. The van der Waals surface area contributed by atoms with Crippen LogP contribution in [0.1, 0.15) is 63.1 Å². The summed E-state index contributed by atoms with van der Waals surface area (Å²) in [6, 6.07) is 7.20. The molecule has 0 spiro atoms. The van der Waals surface area contributed by atoms with Crippen molar-refractivity contribution in [3.63, 3.8) is 0 Å². The SMILES string of the molecule is CCNC(c1cccc2c1OCC2)C1CCCC(CC)C1. The van der Waals surface area contributed by atoms with Crippen molar-refractivity contribution in [2.75, 3.05) is 13.2 Å². The van der Waals surface area contributed by atoms with E-state index in [0.717, 1.165) is 31.4 Å². The minimum atomic E-state index is 0.470. The van der Waals surface area contributed by atoms with Crippen LogP contribution in [0.15, 0.2) is 18.2 Å². The summed E-state index contributed by atoms with van der Waals surface area (Å²) in [5.74, 6) is 2.86. The standard InChI is InChI=1S/C19H29NO/c1-3-14-7-5-9-16(13-14)18(20-4-2)17-10-6-8-15-11-12-21-19(15)17/h6,8,10,14,16,18,20H,3-5,7,9,11-13H2,1-2H3. The molecule has 3 atom stereocenters. The van der Waals surface area contributed by atoms with Crippen LogP contribution >= 0.6 is 0 Å². The number of hydrogen-bond donors (Lipinski definition) is 1. The van der Waals surface area contributed by atoms with Crippen LogP contribution in [0.3, 0.4) is 0 Å². The van der Waals surface area contributed by atoms with Crippen molar-refractivity contribution in [2.45, 2.75) is 58.4 Å². The molecule has 1 fully saturated rings. The van der Waals surface area contributed by atoms with Gasteiger partial charge in [0.2, 0.25) is 0 Å². The highest BCUT2D eigenvalue weighted by Gasteiger charge is 2.31. The van der Waals surface area contributed by atoms with E-state index in [2.05, 4.69) is 37.4 Å². The van der Waals surface area contributed by atoms with Crippen molar-refractivity contribution in [1.29, 1.82) is 0 Å². The number of hydrogen-bond acceptors (Lipinski definition) is 2. The molecule has 3 unspecified atom stereocenters. The largest absolute Gasteiger partial charge is 0.493 e. The normalized spacial score (nSPS) is 26.2. The lowest BCUT2D eigenvalue weighted by Gasteiger charge is -2.35. The Hall–Kier alpha value is -1.02. The zero-order valence-electron chi connectivity index (χ0n) is 13.5. The molecule has 2 aliphatic rings. The fourth-order valence-electron chi connectivity index (χ4n) is 4.24. The van der Waals surface area contributed by atoms with Crippen LogP contribution in [0.5, 0.6) is 5.75 Å². The number of nitrogens with one attached hydrogen (secondary N) is 1. The number of para-hydroxylation sites is 1. The lowest BCUT2D eigenvalue weighted by Crippen LogP contribution is -2.31. The van der Waals surface area contributed by atoms with Crippen molar-refractivity contribution < 1.29 is 4.74 Å². The van der Waals surface area contributed by atoms with Crippen LogP contribution in [-0.2, 0) is 6.42 Å². The molecule has 1 aromatic carbocycles. The fraction of sp³-hybridized carbons (Fsp3) is 0.684. The molecule has 1 aliphatic carbocycles. The third-order valence-corrected chi connectivity index (χ3v) is 5.38. The van der Waals surface area contributed by atoms with Crippen molar-refractivity contribution in [1.82, 2.24) is 5.32 Å². The van der Waals surface area contributed by atoms with E-state index >= 15 is 0 Å². The Balaban J connectivity index is 1.86. The zero-order chi connectivity index (χ0) is 14.7. The Kier molecular flexibility index (Phi) is 4.84. The van der Waals surface area contributed by atoms with Gasteiger partial charge in [0.1, 0.15) is 5.75 Å². The van der Waals surface area contributed by atoms with Gasteiger partial charge in [0.25, 0.3) is 0 Å². The third-order valence-electron chi connectivity index (χ3n) is 5.38. The average Bonchev–Trinajstić information content (AvgIpc) is 3.01. The topological polar surface area (TPSA) is 21.3 Å². The van der Waals surface area contributed by atoms with E-state index in [0.29, 0.717) is 6.04 Å². The minimum Gasteiger partial charge on any atom is -0.493 e. The highest BCUT2D eigenvalue weighted by molar-refractivity contribution is 5.46. The molecular weight excluding hydrogens is 258 g/mol. The van der Waals surface area contributed by atoms with Crippen LogP contribution < -0.4 is 10.1 Å². The van der Waals surface area contributed by atoms with Crippen molar-refractivity contribution in [3.05, 3.63) is 29.3 Å². The number of rotatable bonds is 5. The Morgan fingerprint density at radius 1 is 1.29 bits per heavy atom. The second-order valence-electron chi connectivity index (χ2n) is 6.67. The van der Waals surface area contributed by atoms with E-state index in [1.807, 2.05) is 0 Å². The monoisotopic (exact) mass is 287 g/mol. The second-order valence-corrected chi connectivity index (χ2v) is 6.67. The van der Waals surface area contributed by atoms with Gasteiger partial charge < -0.3 is 10.1 Å². The maximum atomic E-state index is 5.96. The molecule has 3 rings (SSSR count). The van der Waals surface area contributed by atoms with Gasteiger partial charge in [-0.2, -0.15) is 0 Å². The van der Waals surface area contributed by atoms with Crippen LogP contribution in [0, 0.1) is 11.8 Å². The van der Waals surface area contributed by atoms with E-state index in [4.69, 9.17) is 4.74 Å². The van der Waals surface area contributed by atoms with E-state index in [1.165, 1.54) is 49.0 Å². The number of benzene rings is 1. The molecule has 0 saturated heterocycles. The van der Waals surface area contributed by atoms with Gasteiger partial charge in [0.15, 0.2) is 0 Å². The molecular formula is C19H29NO. The molecule has 2 heteroatoms. The summed E-state index contributed by atoms with van der Waals surface area (Å²) in [6.07, 6.45) is 7.95. The quantitative estimate of drug-likeness (QED) is 0.861. The molecule has 1 aliphatic heterocycles. The van der Waals surface area contributed by atoms with Crippen LogP contribution in [0.25, 0.3) is 0 Å². The first-order chi connectivity index (χ1) is 10.3.